The van der Waals surface area contributed by atoms with Crippen molar-refractivity contribution in [2.75, 3.05) is 33.4 Å². The molecule has 31 heavy (non-hydrogen) atoms. The van der Waals surface area contributed by atoms with E-state index in [-0.39, 0.29) is 14.1 Å². The summed E-state index contributed by atoms with van der Waals surface area (Å²) in [4.78, 5) is 0. The number of quaternary nitrogens is 1. The number of nitrogens with zero attached hydrogens (tertiary/aromatic N) is 1. The Labute approximate surface area is 192 Å². The first-order valence-electron chi connectivity index (χ1n) is 11.9. The molecular formula is C23H55F3NO3S+. The van der Waals surface area contributed by atoms with Crippen molar-refractivity contribution in [2.24, 2.45) is 0 Å². The molecule has 0 aromatic rings. The van der Waals surface area contributed by atoms with Gasteiger partial charge in [-0.3, -0.25) is 18.7 Å². The van der Waals surface area contributed by atoms with Crippen molar-refractivity contribution in [2.45, 2.75) is 117 Å². The summed E-state index contributed by atoms with van der Waals surface area (Å²) in [6.07, 6.45) is 23.8. The molecule has 0 aliphatic heterocycles. The van der Waals surface area contributed by atoms with Crippen LogP contribution in [0.2, 0.25) is 0 Å². The normalized spacial score (nSPS) is 10.8. The van der Waals surface area contributed by atoms with Gasteiger partial charge in [0.1, 0.15) is 0 Å². The van der Waals surface area contributed by atoms with Crippen LogP contribution in [0.15, 0.2) is 0 Å². The molecule has 4 nitrogen and oxygen atoms in total. The Bertz CT molecular complexity index is 392. The van der Waals surface area contributed by atoms with E-state index < -0.39 is 10.1 Å². The maximum atomic E-state index is 9.19. The van der Waals surface area contributed by atoms with Gasteiger partial charge < -0.3 is 4.48 Å². The lowest BCUT2D eigenvalue weighted by Crippen LogP contribution is -2.41. The minimum Gasteiger partial charge on any atom is -0.328 e. The maximum Gasteiger partial charge on any atom is 0.261 e. The largest absolute Gasteiger partial charge is 0.328 e. The number of hydrogen-bond acceptors (Lipinski definition) is 2. The average Bonchev–Trinajstić information content (AvgIpc) is 2.58. The Morgan fingerprint density at radius 2 is 0.742 bits per heavy atom. The van der Waals surface area contributed by atoms with E-state index in [0.29, 0.717) is 6.26 Å². The molecule has 0 aliphatic carbocycles. The van der Waals surface area contributed by atoms with Crippen LogP contribution in [0.5, 0.6) is 0 Å². The van der Waals surface area contributed by atoms with Gasteiger partial charge in [-0.05, 0) is 25.7 Å². The van der Waals surface area contributed by atoms with Crippen LogP contribution in [0.1, 0.15) is 117 Å². The van der Waals surface area contributed by atoms with Crippen LogP contribution in [-0.2, 0) is 10.1 Å². The minimum absolute atomic E-state index is 0. The third-order valence-corrected chi connectivity index (χ3v) is 5.23. The third kappa shape index (κ3) is 48.4. The van der Waals surface area contributed by atoms with E-state index in [2.05, 4.69) is 27.9 Å². The second kappa shape index (κ2) is 27.7. The molecule has 0 rings (SSSR count). The molecule has 0 heterocycles. The average molecular weight is 483 g/mol. The highest BCUT2D eigenvalue weighted by atomic mass is 32.2. The zero-order chi connectivity index (χ0) is 21.7. The molecule has 1 N–H and O–H groups in total. The molecule has 0 aromatic carbocycles. The topological polar surface area (TPSA) is 54.4 Å². The summed E-state index contributed by atoms with van der Waals surface area (Å²) in [5.74, 6) is 0. The van der Waals surface area contributed by atoms with Gasteiger partial charge in [-0.25, -0.2) is 0 Å². The zero-order valence-electron chi connectivity index (χ0n) is 21.1. The van der Waals surface area contributed by atoms with Crippen molar-refractivity contribution in [3.05, 3.63) is 0 Å². The highest BCUT2D eigenvalue weighted by Crippen LogP contribution is 2.13. The molecule has 0 atom stereocenters. The smallest absolute Gasteiger partial charge is 0.261 e. The standard InChI is InChI=1S/C22H48N.CH4O3S.3FH/c1-5-7-9-11-13-15-17-19-21-23(3,4)22-20-18-16-14-12-10-8-6-2;1-5(2,3)4;;;/h5-22H2,1-4H3;1H3,(H,2,3,4);3*1H/q+1;;;;. The van der Waals surface area contributed by atoms with Crippen LogP contribution in [-0.4, -0.2) is 50.9 Å². The fraction of sp³-hybridized carbons (Fsp3) is 1.00. The number of rotatable bonds is 18. The van der Waals surface area contributed by atoms with Gasteiger partial charge in [0.2, 0.25) is 0 Å². The van der Waals surface area contributed by atoms with E-state index >= 15 is 0 Å². The zero-order valence-corrected chi connectivity index (χ0v) is 21.9. The Balaban J connectivity index is -0.000000252. The fourth-order valence-electron chi connectivity index (χ4n) is 3.46. The summed E-state index contributed by atoms with van der Waals surface area (Å²) in [5, 5.41) is 0. The third-order valence-electron chi connectivity index (χ3n) is 5.23. The van der Waals surface area contributed by atoms with Gasteiger partial charge in [0.05, 0.1) is 33.4 Å². The minimum atomic E-state index is -3.67. The van der Waals surface area contributed by atoms with Crippen molar-refractivity contribution in [1.82, 2.24) is 0 Å². The number of halogens is 3. The first kappa shape index (κ1) is 41.0. The van der Waals surface area contributed by atoms with Crippen LogP contribution in [0.4, 0.5) is 14.1 Å². The van der Waals surface area contributed by atoms with Gasteiger partial charge in [-0.15, -0.1) is 0 Å². The Kier molecular flexibility index (Phi) is 36.6. The van der Waals surface area contributed by atoms with Crippen LogP contribution in [0.25, 0.3) is 0 Å². The van der Waals surface area contributed by atoms with Crippen LogP contribution in [0.3, 0.4) is 0 Å². The Morgan fingerprint density at radius 3 is 0.968 bits per heavy atom. The maximum absolute atomic E-state index is 9.19. The summed E-state index contributed by atoms with van der Waals surface area (Å²) in [6.45, 7) is 7.36. The molecule has 0 spiro atoms. The van der Waals surface area contributed by atoms with Gasteiger partial charge in [-0.1, -0.05) is 90.9 Å². The molecule has 0 radical (unpaired) electrons. The van der Waals surface area contributed by atoms with Crippen molar-refractivity contribution < 1.29 is 31.6 Å². The Hall–Kier alpha value is -0.340. The first-order chi connectivity index (χ1) is 13.1. The van der Waals surface area contributed by atoms with E-state index in [1.54, 1.807) is 0 Å². The summed E-state index contributed by atoms with van der Waals surface area (Å²) in [5.41, 5.74) is 0. The first-order valence-corrected chi connectivity index (χ1v) is 13.7. The van der Waals surface area contributed by atoms with Crippen LogP contribution in [0, 0.1) is 0 Å². The van der Waals surface area contributed by atoms with E-state index in [0.717, 1.165) is 0 Å². The molecule has 8 heteroatoms. The Morgan fingerprint density at radius 1 is 0.548 bits per heavy atom. The lowest BCUT2D eigenvalue weighted by Gasteiger charge is -2.30. The van der Waals surface area contributed by atoms with Gasteiger partial charge in [-0.2, -0.15) is 8.42 Å². The lowest BCUT2D eigenvalue weighted by atomic mass is 10.1. The second-order valence-electron chi connectivity index (χ2n) is 9.07. The van der Waals surface area contributed by atoms with E-state index in [4.69, 9.17) is 4.55 Å². The highest BCUT2D eigenvalue weighted by molar-refractivity contribution is 7.85. The molecule has 196 valence electrons. The lowest BCUT2D eigenvalue weighted by molar-refractivity contribution is -0.890. The molecule has 0 fully saturated rings. The molecule has 0 saturated carbocycles. The predicted molar refractivity (Wildman–Crippen MR) is 132 cm³/mol. The highest BCUT2D eigenvalue weighted by Gasteiger charge is 2.13. The van der Waals surface area contributed by atoms with Gasteiger partial charge in [0.15, 0.2) is 0 Å². The van der Waals surface area contributed by atoms with Crippen molar-refractivity contribution in [1.29, 1.82) is 0 Å². The summed E-state index contributed by atoms with van der Waals surface area (Å²) >= 11 is 0. The summed E-state index contributed by atoms with van der Waals surface area (Å²) < 4.78 is 27.1. The molecular weight excluding hydrogens is 427 g/mol. The van der Waals surface area contributed by atoms with Crippen LogP contribution >= 0.6 is 0 Å². The van der Waals surface area contributed by atoms with Gasteiger partial charge >= 0.3 is 0 Å². The number of hydrogen-bond donors (Lipinski definition) is 1. The van der Waals surface area contributed by atoms with Crippen LogP contribution < -0.4 is 0 Å². The van der Waals surface area contributed by atoms with Crippen molar-refractivity contribution in [3.8, 4) is 0 Å². The summed E-state index contributed by atoms with van der Waals surface area (Å²) in [6, 6.07) is 0. The predicted octanol–water partition coefficient (Wildman–Crippen LogP) is 7.31. The molecule has 0 aliphatic rings. The van der Waals surface area contributed by atoms with E-state index in [1.165, 1.54) is 120 Å². The van der Waals surface area contributed by atoms with Gasteiger partial charge in [0, 0.05) is 0 Å². The molecule has 0 unspecified atom stereocenters. The fourth-order valence-corrected chi connectivity index (χ4v) is 3.46. The monoisotopic (exact) mass is 482 g/mol. The molecule has 0 amide bonds. The second-order valence-corrected chi connectivity index (χ2v) is 10.5. The molecule has 0 bridgehead atoms. The molecule has 0 aromatic heterocycles. The van der Waals surface area contributed by atoms with Gasteiger partial charge in [0.25, 0.3) is 10.1 Å². The summed E-state index contributed by atoms with van der Waals surface area (Å²) in [7, 11) is 1.20. The van der Waals surface area contributed by atoms with Crippen molar-refractivity contribution >= 4 is 10.1 Å². The molecule has 0 saturated heterocycles. The van der Waals surface area contributed by atoms with Crippen molar-refractivity contribution in [3.63, 3.8) is 0 Å². The SMILES string of the molecule is CCCCCCCCCC[N+](C)(C)CCCCCCCCCC.CS(=O)(=O)O.F.F.F. The number of unbranched alkanes of at least 4 members (excludes halogenated alkanes) is 14. The quantitative estimate of drug-likeness (QED) is 0.127. The van der Waals surface area contributed by atoms with E-state index in [9.17, 15) is 8.42 Å². The van der Waals surface area contributed by atoms with E-state index in [1.807, 2.05) is 0 Å².